The van der Waals surface area contributed by atoms with Gasteiger partial charge in [-0.2, -0.15) is 0 Å². The zero-order chi connectivity index (χ0) is 14.9. The Labute approximate surface area is 123 Å². The van der Waals surface area contributed by atoms with E-state index in [1.165, 1.54) is 4.57 Å². The van der Waals surface area contributed by atoms with Crippen LogP contribution in [-0.4, -0.2) is 32.0 Å². The molecule has 0 aromatic carbocycles. The van der Waals surface area contributed by atoms with Gasteiger partial charge in [0.1, 0.15) is 11.2 Å². The van der Waals surface area contributed by atoms with E-state index in [4.69, 9.17) is 4.74 Å². The number of nitro groups is 1. The summed E-state index contributed by atoms with van der Waals surface area (Å²) in [6.07, 6.45) is 1.15. The van der Waals surface area contributed by atoms with Crippen LogP contribution in [0.2, 0.25) is 0 Å². The van der Waals surface area contributed by atoms with Crippen molar-refractivity contribution in [3.63, 3.8) is 0 Å². The predicted molar refractivity (Wildman–Crippen MR) is 74.2 cm³/mol. The van der Waals surface area contributed by atoms with E-state index in [0.717, 1.165) is 17.5 Å². The van der Waals surface area contributed by atoms with Gasteiger partial charge in [0.25, 0.3) is 0 Å². The van der Waals surface area contributed by atoms with Gasteiger partial charge in [-0.15, -0.1) is 12.6 Å². The molecule has 2 rings (SSSR count). The lowest BCUT2D eigenvalue weighted by Crippen LogP contribution is -2.11. The monoisotopic (exact) mass is 314 g/mol. The summed E-state index contributed by atoms with van der Waals surface area (Å²) < 4.78 is 6.37. The molecule has 0 unspecified atom stereocenters. The molecule has 2 aromatic rings. The molecule has 0 atom stereocenters. The van der Waals surface area contributed by atoms with E-state index in [0.29, 0.717) is 10.8 Å². The minimum Gasteiger partial charge on any atom is -0.461 e. The first kappa shape index (κ1) is 14.5. The molecule has 0 amide bonds. The Morgan fingerprint density at radius 3 is 2.90 bits per heavy atom. The van der Waals surface area contributed by atoms with Crippen molar-refractivity contribution in [2.24, 2.45) is 7.05 Å². The lowest BCUT2D eigenvalue weighted by atomic mass is 10.4. The Bertz CT molecular complexity index is 679. The Morgan fingerprint density at radius 2 is 2.35 bits per heavy atom. The number of carbonyl (C=O) groups excluding carboxylic acids is 1. The summed E-state index contributed by atoms with van der Waals surface area (Å²) in [5, 5.41) is 11.1. The average molecular weight is 314 g/mol. The van der Waals surface area contributed by atoms with Crippen molar-refractivity contribution in [2.45, 2.75) is 11.9 Å². The van der Waals surface area contributed by atoms with Gasteiger partial charge in [0.05, 0.1) is 11.5 Å². The first-order valence-electron chi connectivity index (χ1n) is 5.49. The fourth-order valence-corrected chi connectivity index (χ4v) is 2.65. The third-order valence-corrected chi connectivity index (χ3v) is 3.67. The summed E-state index contributed by atoms with van der Waals surface area (Å²) in [4.78, 5) is 30.0. The molecule has 0 saturated carbocycles. The molecule has 0 bridgehead atoms. The third-order valence-electron chi connectivity index (χ3n) is 2.41. The van der Waals surface area contributed by atoms with Crippen molar-refractivity contribution in [1.29, 1.82) is 0 Å². The molecule has 0 spiro atoms. The van der Waals surface area contributed by atoms with E-state index in [9.17, 15) is 14.9 Å². The van der Waals surface area contributed by atoms with Crippen LogP contribution in [0.1, 0.15) is 17.4 Å². The van der Waals surface area contributed by atoms with Gasteiger partial charge in [-0.1, -0.05) is 0 Å². The molecule has 20 heavy (non-hydrogen) atoms. The van der Waals surface area contributed by atoms with Gasteiger partial charge in [-0.3, -0.25) is 10.1 Å². The molecule has 106 valence electrons. The number of carbonyl (C=O) groups is 1. The van der Waals surface area contributed by atoms with Crippen molar-refractivity contribution in [3.8, 4) is 10.8 Å². The lowest BCUT2D eigenvalue weighted by Gasteiger charge is -2.03. The van der Waals surface area contributed by atoms with Crippen molar-refractivity contribution < 1.29 is 14.5 Å². The number of hydrogen-bond acceptors (Lipinski definition) is 8. The summed E-state index contributed by atoms with van der Waals surface area (Å²) in [6, 6.07) is 0. The highest BCUT2D eigenvalue weighted by atomic mass is 32.1. The molecule has 0 saturated heterocycles. The van der Waals surface area contributed by atoms with E-state index in [2.05, 4.69) is 22.6 Å². The predicted octanol–water partition coefficient (Wildman–Crippen LogP) is 1.92. The van der Waals surface area contributed by atoms with Gasteiger partial charge in [-0.25, -0.2) is 14.8 Å². The highest BCUT2D eigenvalue weighted by Crippen LogP contribution is 2.31. The minimum absolute atomic E-state index is 0.0959. The number of nitrogens with zero attached hydrogens (tertiary/aromatic N) is 4. The molecule has 10 heteroatoms. The minimum atomic E-state index is -0.551. The molecule has 0 aliphatic heterocycles. The zero-order valence-electron chi connectivity index (χ0n) is 10.6. The SMILES string of the molecule is CCOC(=O)c1c(S)nc(-c2ncc([N+](=O)[O-])s2)n1C. The van der Waals surface area contributed by atoms with E-state index < -0.39 is 10.9 Å². The average Bonchev–Trinajstić information content (AvgIpc) is 2.94. The molecule has 0 aliphatic rings. The Morgan fingerprint density at radius 1 is 1.65 bits per heavy atom. The van der Waals surface area contributed by atoms with Crippen LogP contribution >= 0.6 is 24.0 Å². The number of imidazole rings is 1. The maximum atomic E-state index is 11.8. The van der Waals surface area contributed by atoms with E-state index in [-0.39, 0.29) is 22.3 Å². The van der Waals surface area contributed by atoms with Crippen LogP contribution in [-0.2, 0) is 11.8 Å². The summed E-state index contributed by atoms with van der Waals surface area (Å²) >= 11 is 5.00. The van der Waals surface area contributed by atoms with Gasteiger partial charge in [0.15, 0.2) is 16.5 Å². The van der Waals surface area contributed by atoms with Gasteiger partial charge >= 0.3 is 11.0 Å². The Hall–Kier alpha value is -1.94. The number of esters is 1. The van der Waals surface area contributed by atoms with Crippen LogP contribution in [0.25, 0.3) is 10.8 Å². The molecule has 0 aliphatic carbocycles. The van der Waals surface area contributed by atoms with Gasteiger partial charge in [0.2, 0.25) is 0 Å². The van der Waals surface area contributed by atoms with Crippen molar-refractivity contribution in [2.75, 3.05) is 6.61 Å². The summed E-state index contributed by atoms with van der Waals surface area (Å²) in [5.74, 6) is -0.221. The Kier molecular flexibility index (Phi) is 4.04. The standard InChI is InChI=1S/C10H10N4O4S2/c1-3-18-10(15)6-8(19)12-7(13(6)2)9-11-4-5(20-9)14(16)17/h4,19H,3H2,1-2H3. The first-order chi connectivity index (χ1) is 9.45. The molecule has 0 radical (unpaired) electrons. The summed E-state index contributed by atoms with van der Waals surface area (Å²) in [7, 11) is 1.60. The molecule has 2 heterocycles. The first-order valence-corrected chi connectivity index (χ1v) is 6.75. The van der Waals surface area contributed by atoms with Crippen molar-refractivity contribution >= 4 is 34.9 Å². The quantitative estimate of drug-likeness (QED) is 0.400. The number of aromatic nitrogens is 3. The van der Waals surface area contributed by atoms with Gasteiger partial charge in [0, 0.05) is 7.05 Å². The largest absolute Gasteiger partial charge is 0.461 e. The second-order valence-electron chi connectivity index (χ2n) is 3.65. The normalized spacial score (nSPS) is 10.6. The number of rotatable bonds is 4. The Balaban J connectivity index is 2.45. The molecular formula is C10H10N4O4S2. The highest BCUT2D eigenvalue weighted by Gasteiger charge is 2.24. The molecule has 0 fully saturated rings. The second-order valence-corrected chi connectivity index (χ2v) is 5.08. The van der Waals surface area contributed by atoms with Crippen LogP contribution in [0.3, 0.4) is 0 Å². The number of thiazole rings is 1. The summed E-state index contributed by atoms with van der Waals surface area (Å²) in [6.45, 7) is 1.92. The third kappa shape index (κ3) is 2.51. The number of hydrogen-bond donors (Lipinski definition) is 1. The maximum absolute atomic E-state index is 11.8. The summed E-state index contributed by atoms with van der Waals surface area (Å²) in [5.41, 5.74) is 0.183. The smallest absolute Gasteiger partial charge is 0.357 e. The van der Waals surface area contributed by atoms with Gasteiger partial charge in [-0.05, 0) is 18.3 Å². The second kappa shape index (κ2) is 5.59. The fraction of sp³-hybridized carbons (Fsp3) is 0.300. The molecule has 2 aromatic heterocycles. The zero-order valence-corrected chi connectivity index (χ0v) is 12.3. The van der Waals surface area contributed by atoms with E-state index >= 15 is 0 Å². The molecule has 0 N–H and O–H groups in total. The molecule has 8 nitrogen and oxygen atoms in total. The molecular weight excluding hydrogens is 304 g/mol. The topological polar surface area (TPSA) is 100 Å². The van der Waals surface area contributed by atoms with Gasteiger partial charge < -0.3 is 9.30 Å². The van der Waals surface area contributed by atoms with Crippen LogP contribution in [0, 0.1) is 10.1 Å². The van der Waals surface area contributed by atoms with Crippen LogP contribution < -0.4 is 0 Å². The number of thiol groups is 1. The van der Waals surface area contributed by atoms with E-state index in [1.54, 1.807) is 14.0 Å². The maximum Gasteiger partial charge on any atom is 0.357 e. The van der Waals surface area contributed by atoms with E-state index in [1.807, 2.05) is 0 Å². The van der Waals surface area contributed by atoms with Crippen molar-refractivity contribution in [1.82, 2.24) is 14.5 Å². The van der Waals surface area contributed by atoms with Crippen molar-refractivity contribution in [3.05, 3.63) is 22.0 Å². The highest BCUT2D eigenvalue weighted by molar-refractivity contribution is 7.80. The van der Waals surface area contributed by atoms with Crippen LogP contribution in [0.15, 0.2) is 11.2 Å². The fourth-order valence-electron chi connectivity index (χ4n) is 1.56. The lowest BCUT2D eigenvalue weighted by molar-refractivity contribution is -0.380. The van der Waals surface area contributed by atoms with Crippen LogP contribution in [0.5, 0.6) is 0 Å². The van der Waals surface area contributed by atoms with Crippen LogP contribution in [0.4, 0.5) is 5.00 Å². The number of ether oxygens (including phenoxy) is 1.